The molecule has 5 rings (SSSR count). The molecule has 0 N–H and O–H groups in total. The maximum absolute atomic E-state index is 14.1. The SMILES string of the molecule is Cc1onc(-c2ccccc2)c1-c1csc(C2CCN(C(=O)Cc3c(F)cccc3Cl)CC2)n1. The van der Waals surface area contributed by atoms with Crippen molar-refractivity contribution in [2.75, 3.05) is 13.1 Å². The highest BCUT2D eigenvalue weighted by molar-refractivity contribution is 7.10. The number of halogens is 2. The molecular weight excluding hydrogens is 473 g/mol. The molecule has 2 aromatic carbocycles. The highest BCUT2D eigenvalue weighted by atomic mass is 35.5. The first-order valence-electron chi connectivity index (χ1n) is 11.2. The number of hydrogen-bond donors (Lipinski definition) is 0. The number of amides is 1. The van der Waals surface area contributed by atoms with Crippen LogP contribution in [0.15, 0.2) is 58.4 Å². The third kappa shape index (κ3) is 4.50. The molecule has 1 fully saturated rings. The Morgan fingerprint density at radius 2 is 1.94 bits per heavy atom. The van der Waals surface area contributed by atoms with Crippen molar-refractivity contribution in [3.05, 3.63) is 81.1 Å². The summed E-state index contributed by atoms with van der Waals surface area (Å²) in [7, 11) is 0. The van der Waals surface area contributed by atoms with E-state index in [4.69, 9.17) is 21.1 Å². The average Bonchev–Trinajstić information content (AvgIpc) is 3.49. The van der Waals surface area contributed by atoms with Gasteiger partial charge in [-0.25, -0.2) is 9.37 Å². The molecule has 2 aromatic heterocycles. The second kappa shape index (κ2) is 9.68. The standard InChI is InChI=1S/C26H23ClFN3O2S/c1-16-24(25(30-33-16)17-6-3-2-4-7-17)22-15-34-26(29-22)18-10-12-31(13-11-18)23(32)14-19-20(27)8-5-9-21(19)28/h2-9,15,18H,10-14H2,1H3. The zero-order valence-electron chi connectivity index (χ0n) is 18.6. The summed E-state index contributed by atoms with van der Waals surface area (Å²) >= 11 is 7.72. The van der Waals surface area contributed by atoms with E-state index in [2.05, 4.69) is 10.5 Å². The van der Waals surface area contributed by atoms with Gasteiger partial charge in [0.1, 0.15) is 17.3 Å². The molecule has 1 saturated heterocycles. The first kappa shape index (κ1) is 22.7. The van der Waals surface area contributed by atoms with Crippen LogP contribution in [0.3, 0.4) is 0 Å². The van der Waals surface area contributed by atoms with Crippen LogP contribution in [0.1, 0.15) is 35.1 Å². The van der Waals surface area contributed by atoms with Gasteiger partial charge in [0.05, 0.1) is 22.7 Å². The van der Waals surface area contributed by atoms with E-state index in [1.807, 2.05) is 37.3 Å². The number of aromatic nitrogens is 2. The minimum atomic E-state index is -0.440. The number of carbonyl (C=O) groups excluding carboxylic acids is 1. The summed E-state index contributed by atoms with van der Waals surface area (Å²) in [6.45, 7) is 3.14. The van der Waals surface area contributed by atoms with Crippen LogP contribution in [0.25, 0.3) is 22.5 Å². The van der Waals surface area contributed by atoms with Crippen LogP contribution in [0.2, 0.25) is 5.02 Å². The van der Waals surface area contributed by atoms with Crippen molar-refractivity contribution >= 4 is 28.8 Å². The Morgan fingerprint density at radius 1 is 1.18 bits per heavy atom. The largest absolute Gasteiger partial charge is 0.360 e. The fourth-order valence-electron chi connectivity index (χ4n) is 4.40. The molecule has 0 saturated carbocycles. The molecule has 1 aliphatic rings. The molecule has 0 spiro atoms. The van der Waals surface area contributed by atoms with E-state index in [9.17, 15) is 9.18 Å². The molecule has 174 valence electrons. The first-order valence-corrected chi connectivity index (χ1v) is 12.4. The lowest BCUT2D eigenvalue weighted by atomic mass is 9.96. The number of nitrogens with zero attached hydrogens (tertiary/aromatic N) is 3. The molecule has 0 radical (unpaired) electrons. The Kier molecular flexibility index (Phi) is 6.48. The van der Waals surface area contributed by atoms with Crippen LogP contribution in [-0.2, 0) is 11.2 Å². The minimum Gasteiger partial charge on any atom is -0.360 e. The maximum atomic E-state index is 14.1. The third-order valence-electron chi connectivity index (χ3n) is 6.27. The Balaban J connectivity index is 1.27. The lowest BCUT2D eigenvalue weighted by molar-refractivity contribution is -0.131. The number of thiazole rings is 1. The van der Waals surface area contributed by atoms with Crippen molar-refractivity contribution in [3.8, 4) is 22.5 Å². The summed E-state index contributed by atoms with van der Waals surface area (Å²) in [5.74, 6) is 0.478. The van der Waals surface area contributed by atoms with Crippen LogP contribution in [0, 0.1) is 12.7 Å². The summed E-state index contributed by atoms with van der Waals surface area (Å²) in [6, 6.07) is 14.4. The number of aryl methyl sites for hydroxylation is 1. The lowest BCUT2D eigenvalue weighted by Gasteiger charge is -2.31. The molecule has 0 bridgehead atoms. The van der Waals surface area contributed by atoms with Crippen LogP contribution >= 0.6 is 22.9 Å². The molecule has 0 atom stereocenters. The van der Waals surface area contributed by atoms with Gasteiger partial charge in [0.2, 0.25) is 5.91 Å². The van der Waals surface area contributed by atoms with E-state index in [0.29, 0.717) is 13.1 Å². The van der Waals surface area contributed by atoms with Gasteiger partial charge in [-0.05, 0) is 31.9 Å². The maximum Gasteiger partial charge on any atom is 0.227 e. The van der Waals surface area contributed by atoms with Gasteiger partial charge in [0.25, 0.3) is 0 Å². The van der Waals surface area contributed by atoms with Crippen molar-refractivity contribution in [1.82, 2.24) is 15.0 Å². The van der Waals surface area contributed by atoms with Gasteiger partial charge >= 0.3 is 0 Å². The van der Waals surface area contributed by atoms with Gasteiger partial charge in [-0.15, -0.1) is 11.3 Å². The zero-order chi connectivity index (χ0) is 23.7. The van der Waals surface area contributed by atoms with E-state index in [1.165, 1.54) is 6.07 Å². The normalized spacial score (nSPS) is 14.5. The molecular formula is C26H23ClFN3O2S. The first-order chi connectivity index (χ1) is 16.5. The van der Waals surface area contributed by atoms with E-state index in [0.717, 1.165) is 46.1 Å². The number of hydrogen-bond acceptors (Lipinski definition) is 5. The summed E-state index contributed by atoms with van der Waals surface area (Å²) in [5, 5.41) is 7.67. The Bertz CT molecular complexity index is 1290. The Hall–Kier alpha value is -3.03. The van der Waals surface area contributed by atoms with Crippen molar-refractivity contribution in [2.45, 2.75) is 32.1 Å². The highest BCUT2D eigenvalue weighted by Crippen LogP contribution is 2.38. The van der Waals surface area contributed by atoms with Gasteiger partial charge in [-0.2, -0.15) is 0 Å². The van der Waals surface area contributed by atoms with Crippen LogP contribution in [0.4, 0.5) is 4.39 Å². The summed E-state index contributed by atoms with van der Waals surface area (Å²) in [6.07, 6.45) is 1.61. The van der Waals surface area contributed by atoms with Gasteiger partial charge in [-0.3, -0.25) is 4.79 Å². The van der Waals surface area contributed by atoms with Gasteiger partial charge in [0.15, 0.2) is 0 Å². The monoisotopic (exact) mass is 495 g/mol. The van der Waals surface area contributed by atoms with Crippen LogP contribution in [-0.4, -0.2) is 34.0 Å². The summed E-state index contributed by atoms with van der Waals surface area (Å²) < 4.78 is 19.6. The molecule has 0 aliphatic carbocycles. The highest BCUT2D eigenvalue weighted by Gasteiger charge is 2.28. The van der Waals surface area contributed by atoms with Crippen molar-refractivity contribution in [3.63, 3.8) is 0 Å². The molecule has 4 aromatic rings. The molecule has 5 nitrogen and oxygen atoms in total. The number of rotatable bonds is 5. The predicted octanol–water partition coefficient (Wildman–Crippen LogP) is 6.51. The second-order valence-corrected chi connectivity index (χ2v) is 9.73. The Labute approximate surface area is 206 Å². The fraction of sp³-hybridized carbons (Fsp3) is 0.269. The zero-order valence-corrected chi connectivity index (χ0v) is 20.2. The molecule has 1 amide bonds. The van der Waals surface area contributed by atoms with Gasteiger partial charge in [0, 0.05) is 40.5 Å². The molecule has 3 heterocycles. The van der Waals surface area contributed by atoms with Crippen LogP contribution in [0.5, 0.6) is 0 Å². The van der Waals surface area contributed by atoms with E-state index in [-0.39, 0.29) is 28.8 Å². The number of benzene rings is 2. The van der Waals surface area contributed by atoms with E-state index < -0.39 is 5.82 Å². The van der Waals surface area contributed by atoms with E-state index >= 15 is 0 Å². The van der Waals surface area contributed by atoms with Crippen molar-refractivity contribution in [2.24, 2.45) is 0 Å². The predicted molar refractivity (Wildman–Crippen MR) is 131 cm³/mol. The minimum absolute atomic E-state index is 0.0212. The summed E-state index contributed by atoms with van der Waals surface area (Å²) in [5.41, 5.74) is 3.83. The van der Waals surface area contributed by atoms with Gasteiger partial charge in [-0.1, -0.05) is 53.2 Å². The second-order valence-electron chi connectivity index (χ2n) is 8.43. The van der Waals surface area contributed by atoms with Crippen molar-refractivity contribution < 1.29 is 13.7 Å². The molecule has 8 heteroatoms. The van der Waals surface area contributed by atoms with E-state index in [1.54, 1.807) is 28.4 Å². The van der Waals surface area contributed by atoms with Crippen LogP contribution < -0.4 is 0 Å². The molecule has 0 unspecified atom stereocenters. The smallest absolute Gasteiger partial charge is 0.227 e. The Morgan fingerprint density at radius 3 is 2.68 bits per heavy atom. The molecule has 1 aliphatic heterocycles. The van der Waals surface area contributed by atoms with Crippen molar-refractivity contribution in [1.29, 1.82) is 0 Å². The number of carbonyl (C=O) groups is 1. The summed E-state index contributed by atoms with van der Waals surface area (Å²) in [4.78, 5) is 19.5. The topological polar surface area (TPSA) is 59.2 Å². The van der Waals surface area contributed by atoms with Gasteiger partial charge < -0.3 is 9.42 Å². The third-order valence-corrected chi connectivity index (χ3v) is 7.64. The molecule has 34 heavy (non-hydrogen) atoms. The lowest BCUT2D eigenvalue weighted by Crippen LogP contribution is -2.38. The fourth-order valence-corrected chi connectivity index (χ4v) is 5.61. The average molecular weight is 496 g/mol. The number of likely N-dealkylation sites (tertiary alicyclic amines) is 1. The quantitative estimate of drug-likeness (QED) is 0.316. The number of piperidine rings is 1.